The predicted molar refractivity (Wildman–Crippen MR) is 104 cm³/mol. The van der Waals surface area contributed by atoms with Crippen molar-refractivity contribution in [2.24, 2.45) is 0 Å². The van der Waals surface area contributed by atoms with Gasteiger partial charge in [-0.25, -0.2) is 4.98 Å². The molecule has 0 atom stereocenters. The lowest BCUT2D eigenvalue weighted by Gasteiger charge is -2.21. The molecule has 0 radical (unpaired) electrons. The van der Waals surface area contributed by atoms with Crippen molar-refractivity contribution >= 4 is 16.7 Å². The van der Waals surface area contributed by atoms with Gasteiger partial charge in [0.2, 0.25) is 0 Å². The Balaban J connectivity index is 1.98. The minimum atomic E-state index is 0.998. The maximum Gasteiger partial charge on any atom is 0.129 e. The normalized spacial score (nSPS) is 11.2. The average molecular weight is 319 g/mol. The first-order valence-electron chi connectivity index (χ1n) is 8.46. The van der Waals surface area contributed by atoms with Crippen molar-refractivity contribution in [1.82, 2.24) is 9.88 Å². The van der Waals surface area contributed by atoms with Crippen LogP contribution in [0.5, 0.6) is 0 Å². The zero-order valence-corrected chi connectivity index (χ0v) is 14.7. The van der Waals surface area contributed by atoms with Crippen LogP contribution in [0, 0.1) is 0 Å². The molecule has 0 bridgehead atoms. The first-order valence-corrected chi connectivity index (χ1v) is 8.46. The van der Waals surface area contributed by atoms with Gasteiger partial charge in [0.1, 0.15) is 5.82 Å². The molecule has 3 heteroatoms. The standard InChI is InChI=1S/C21H25N3/c1-23(2)14-9-15-24(3)21-16-19(17-10-5-4-6-11-17)18-12-7-8-13-20(18)22-21/h4-8,10-13,16H,9,14-15H2,1-3H3. The monoisotopic (exact) mass is 319 g/mol. The fourth-order valence-corrected chi connectivity index (χ4v) is 2.95. The Bertz CT molecular complexity index is 797. The second-order valence-electron chi connectivity index (χ2n) is 6.49. The third kappa shape index (κ3) is 3.74. The molecule has 0 unspecified atom stereocenters. The van der Waals surface area contributed by atoms with Crippen LogP contribution in [0.4, 0.5) is 5.82 Å². The first kappa shape index (κ1) is 16.5. The van der Waals surface area contributed by atoms with E-state index in [1.54, 1.807) is 0 Å². The van der Waals surface area contributed by atoms with Gasteiger partial charge in [0.05, 0.1) is 5.52 Å². The smallest absolute Gasteiger partial charge is 0.129 e. The summed E-state index contributed by atoms with van der Waals surface area (Å²) >= 11 is 0. The van der Waals surface area contributed by atoms with E-state index in [-0.39, 0.29) is 0 Å². The molecule has 124 valence electrons. The summed E-state index contributed by atoms with van der Waals surface area (Å²) in [7, 11) is 6.35. The van der Waals surface area contributed by atoms with E-state index < -0.39 is 0 Å². The van der Waals surface area contributed by atoms with Crippen LogP contribution < -0.4 is 4.90 Å². The maximum absolute atomic E-state index is 4.87. The van der Waals surface area contributed by atoms with Crippen molar-refractivity contribution in [3.63, 3.8) is 0 Å². The Labute approximate surface area is 144 Å². The summed E-state index contributed by atoms with van der Waals surface area (Å²) in [6.45, 7) is 2.08. The summed E-state index contributed by atoms with van der Waals surface area (Å²) in [4.78, 5) is 9.34. The summed E-state index contributed by atoms with van der Waals surface area (Å²) in [5, 5.41) is 1.20. The highest BCUT2D eigenvalue weighted by Gasteiger charge is 2.10. The molecule has 0 fully saturated rings. The fourth-order valence-electron chi connectivity index (χ4n) is 2.95. The van der Waals surface area contributed by atoms with Crippen LogP contribution in [0.2, 0.25) is 0 Å². The van der Waals surface area contributed by atoms with Crippen molar-refractivity contribution in [2.75, 3.05) is 39.1 Å². The number of hydrogen-bond acceptors (Lipinski definition) is 3. The SMILES string of the molecule is CN(C)CCCN(C)c1cc(-c2ccccc2)c2ccccc2n1. The van der Waals surface area contributed by atoms with E-state index in [1.165, 1.54) is 16.5 Å². The van der Waals surface area contributed by atoms with Crippen LogP contribution >= 0.6 is 0 Å². The van der Waals surface area contributed by atoms with Gasteiger partial charge in [-0.05, 0) is 50.3 Å². The average Bonchev–Trinajstić information content (AvgIpc) is 2.61. The zero-order chi connectivity index (χ0) is 16.9. The Morgan fingerprint density at radius 1 is 0.833 bits per heavy atom. The van der Waals surface area contributed by atoms with E-state index in [0.29, 0.717) is 0 Å². The number of benzene rings is 2. The zero-order valence-electron chi connectivity index (χ0n) is 14.7. The summed E-state index contributed by atoms with van der Waals surface area (Å²) < 4.78 is 0. The van der Waals surface area contributed by atoms with E-state index in [2.05, 4.69) is 91.6 Å². The van der Waals surface area contributed by atoms with E-state index in [0.717, 1.165) is 30.8 Å². The van der Waals surface area contributed by atoms with Gasteiger partial charge in [0.15, 0.2) is 0 Å². The molecule has 0 N–H and O–H groups in total. The molecular formula is C21H25N3. The lowest BCUT2D eigenvalue weighted by molar-refractivity contribution is 0.401. The van der Waals surface area contributed by atoms with E-state index in [9.17, 15) is 0 Å². The van der Waals surface area contributed by atoms with Gasteiger partial charge in [-0.15, -0.1) is 0 Å². The number of nitrogens with zero attached hydrogens (tertiary/aromatic N) is 3. The number of hydrogen-bond donors (Lipinski definition) is 0. The van der Waals surface area contributed by atoms with Crippen LogP contribution in [0.3, 0.4) is 0 Å². The largest absolute Gasteiger partial charge is 0.360 e. The Hall–Kier alpha value is -2.39. The molecule has 1 aromatic heterocycles. The molecule has 0 aliphatic carbocycles. The number of fused-ring (bicyclic) bond motifs is 1. The summed E-state index contributed by atoms with van der Waals surface area (Å²) in [5.74, 6) is 1.03. The van der Waals surface area contributed by atoms with Crippen LogP contribution in [0.15, 0.2) is 60.7 Å². The molecule has 0 saturated heterocycles. The predicted octanol–water partition coefficient (Wildman–Crippen LogP) is 4.29. The quantitative estimate of drug-likeness (QED) is 0.675. The number of para-hydroxylation sites is 1. The van der Waals surface area contributed by atoms with Crippen molar-refractivity contribution in [3.8, 4) is 11.1 Å². The van der Waals surface area contributed by atoms with Gasteiger partial charge in [-0.3, -0.25) is 0 Å². The topological polar surface area (TPSA) is 19.4 Å². The van der Waals surface area contributed by atoms with Gasteiger partial charge < -0.3 is 9.80 Å². The highest BCUT2D eigenvalue weighted by Crippen LogP contribution is 2.30. The van der Waals surface area contributed by atoms with Gasteiger partial charge in [0, 0.05) is 19.0 Å². The molecule has 0 saturated carbocycles. The van der Waals surface area contributed by atoms with Gasteiger partial charge >= 0.3 is 0 Å². The molecule has 0 spiro atoms. The second kappa shape index (κ2) is 7.45. The van der Waals surface area contributed by atoms with Crippen LogP contribution in [-0.4, -0.2) is 44.1 Å². The molecule has 3 nitrogen and oxygen atoms in total. The number of rotatable bonds is 6. The third-order valence-corrected chi connectivity index (χ3v) is 4.28. The Morgan fingerprint density at radius 2 is 1.54 bits per heavy atom. The third-order valence-electron chi connectivity index (χ3n) is 4.28. The van der Waals surface area contributed by atoms with E-state index in [1.807, 2.05) is 0 Å². The molecule has 1 heterocycles. The minimum Gasteiger partial charge on any atom is -0.360 e. The van der Waals surface area contributed by atoms with Crippen molar-refractivity contribution in [3.05, 3.63) is 60.7 Å². The summed E-state index contributed by atoms with van der Waals surface area (Å²) in [5.41, 5.74) is 3.53. The lowest BCUT2D eigenvalue weighted by Crippen LogP contribution is -2.24. The molecule has 0 amide bonds. The minimum absolute atomic E-state index is 0.998. The van der Waals surface area contributed by atoms with Crippen molar-refractivity contribution in [2.45, 2.75) is 6.42 Å². The van der Waals surface area contributed by atoms with Crippen molar-refractivity contribution in [1.29, 1.82) is 0 Å². The molecule has 2 aromatic carbocycles. The summed E-state index contributed by atoms with van der Waals surface area (Å²) in [6.07, 6.45) is 1.12. The van der Waals surface area contributed by atoms with Crippen LogP contribution in [-0.2, 0) is 0 Å². The molecule has 24 heavy (non-hydrogen) atoms. The highest BCUT2D eigenvalue weighted by molar-refractivity contribution is 5.96. The molecule has 3 aromatic rings. The number of anilines is 1. The summed E-state index contributed by atoms with van der Waals surface area (Å²) in [6, 6.07) is 21.2. The Kier molecular flexibility index (Phi) is 5.11. The first-order chi connectivity index (χ1) is 11.6. The molecule has 3 rings (SSSR count). The highest BCUT2D eigenvalue weighted by atomic mass is 15.2. The lowest BCUT2D eigenvalue weighted by atomic mass is 10.0. The van der Waals surface area contributed by atoms with Crippen molar-refractivity contribution < 1.29 is 0 Å². The number of aromatic nitrogens is 1. The fraction of sp³-hybridized carbons (Fsp3) is 0.286. The van der Waals surface area contributed by atoms with E-state index >= 15 is 0 Å². The van der Waals surface area contributed by atoms with Gasteiger partial charge in [-0.1, -0.05) is 48.5 Å². The molecule has 0 aliphatic rings. The van der Waals surface area contributed by atoms with Gasteiger partial charge in [-0.2, -0.15) is 0 Å². The van der Waals surface area contributed by atoms with E-state index in [4.69, 9.17) is 4.98 Å². The number of pyridine rings is 1. The van der Waals surface area contributed by atoms with Gasteiger partial charge in [0.25, 0.3) is 0 Å². The molecular weight excluding hydrogens is 294 g/mol. The second-order valence-corrected chi connectivity index (χ2v) is 6.49. The molecule has 0 aliphatic heterocycles. The van der Waals surface area contributed by atoms with Crippen LogP contribution in [0.25, 0.3) is 22.0 Å². The van der Waals surface area contributed by atoms with Crippen LogP contribution in [0.1, 0.15) is 6.42 Å². The maximum atomic E-state index is 4.87. The Morgan fingerprint density at radius 3 is 2.29 bits per heavy atom.